The zero-order valence-electron chi connectivity index (χ0n) is 16.4. The van der Waals surface area contributed by atoms with Gasteiger partial charge in [0.2, 0.25) is 0 Å². The van der Waals surface area contributed by atoms with Crippen molar-refractivity contribution in [1.82, 2.24) is 0 Å². The number of benzene rings is 2. The molecule has 11 heteroatoms. The Labute approximate surface area is 172 Å². The fraction of sp³-hybridized carbons (Fsp3) is 0.158. The number of ether oxygens (including phenoxy) is 1. The molecule has 30 heavy (non-hydrogen) atoms. The van der Waals surface area contributed by atoms with Crippen molar-refractivity contribution in [2.24, 2.45) is 23.2 Å². The quantitative estimate of drug-likeness (QED) is 0.279. The summed E-state index contributed by atoms with van der Waals surface area (Å²) in [6.07, 6.45) is 0.432. The highest BCUT2D eigenvalue weighted by Gasteiger charge is 2.31. The normalized spacial score (nSPS) is 14.8. The zero-order chi connectivity index (χ0) is 22.2. The largest absolute Gasteiger partial charge is 0.454 e. The molecule has 2 aromatic carbocycles. The van der Waals surface area contributed by atoms with Gasteiger partial charge in [0.1, 0.15) is 17.6 Å². The molecule has 0 saturated heterocycles. The lowest BCUT2D eigenvalue weighted by Crippen LogP contribution is -2.46. The maximum atomic E-state index is 11.8. The van der Waals surface area contributed by atoms with E-state index in [1.54, 1.807) is 0 Å². The summed E-state index contributed by atoms with van der Waals surface area (Å²) in [6, 6.07) is 8.22. The zero-order valence-corrected chi connectivity index (χ0v) is 16.4. The van der Waals surface area contributed by atoms with Crippen molar-refractivity contribution < 1.29 is 19.4 Å². The lowest BCUT2D eigenvalue weighted by molar-refractivity contribution is 0.217. The van der Waals surface area contributed by atoms with Gasteiger partial charge in [-0.25, -0.2) is 31.3 Å². The smallest absolute Gasteiger partial charge is 0.333 e. The van der Waals surface area contributed by atoms with Crippen LogP contribution in [-0.4, -0.2) is 31.3 Å². The first-order valence-corrected chi connectivity index (χ1v) is 8.82. The number of rotatable bonds is 4. The molecule has 11 nitrogen and oxygen atoms in total. The predicted molar refractivity (Wildman–Crippen MR) is 113 cm³/mol. The second-order valence-corrected chi connectivity index (χ2v) is 6.79. The van der Waals surface area contributed by atoms with Crippen molar-refractivity contribution >= 4 is 34.9 Å². The van der Waals surface area contributed by atoms with E-state index in [-0.39, 0.29) is 17.1 Å². The molecular weight excluding hydrogens is 390 g/mol. The summed E-state index contributed by atoms with van der Waals surface area (Å²) in [4.78, 5) is 25.3. The molecule has 0 fully saturated rings. The molecule has 0 spiro atoms. The van der Waals surface area contributed by atoms with Crippen LogP contribution in [0.15, 0.2) is 42.5 Å². The minimum atomic E-state index is -1.08. The molecule has 0 aromatic heterocycles. The van der Waals surface area contributed by atoms with E-state index in [0.29, 0.717) is 26.9 Å². The van der Waals surface area contributed by atoms with E-state index in [2.05, 4.69) is 0 Å². The van der Waals surface area contributed by atoms with E-state index in [9.17, 15) is 14.7 Å². The van der Waals surface area contributed by atoms with E-state index in [1.807, 2.05) is 43.3 Å². The maximum Gasteiger partial charge on any atom is 0.333 e. The number of fused-ring (bicyclic) bond motifs is 1. The number of hydrogen-bond donors (Lipinski definition) is 5. The predicted octanol–water partition coefficient (Wildman–Crippen LogP) is 0.737. The fourth-order valence-corrected chi connectivity index (χ4v) is 3.03. The lowest BCUT2D eigenvalue weighted by Gasteiger charge is -2.30. The van der Waals surface area contributed by atoms with Crippen LogP contribution in [0.25, 0.3) is 5.76 Å². The number of carbonyl (C=O) groups excluding carboxylic acids is 2. The van der Waals surface area contributed by atoms with Crippen molar-refractivity contribution in [3.8, 4) is 5.75 Å². The van der Waals surface area contributed by atoms with E-state index >= 15 is 0 Å². The van der Waals surface area contributed by atoms with Crippen LogP contribution in [0.4, 0.5) is 26.7 Å². The van der Waals surface area contributed by atoms with Crippen LogP contribution < -0.4 is 42.8 Å². The van der Waals surface area contributed by atoms with E-state index in [0.717, 1.165) is 5.69 Å². The summed E-state index contributed by atoms with van der Waals surface area (Å²) in [6.45, 7) is 0. The molecule has 3 rings (SSSR count). The number of hydrazine groups is 2. The SMILES string of the molecule is CN(C)c1ccc(C2=CC(O)c3ccc(N(N)C(N)=O)c(N(N)C(N)=O)c3O2)cc1. The molecule has 1 aliphatic heterocycles. The number of carbonyl (C=O) groups is 2. The standard InChI is InChI=1S/C19H23N7O4/c1-24(2)11-5-3-10(4-6-11)15-9-14(27)12-7-8-13(25(22)18(20)28)16(17(12)30-15)26(23)19(21)29/h3-9,14,27H,22-23H2,1-2H3,(H2,20,28)(H2,21,29). The summed E-state index contributed by atoms with van der Waals surface area (Å²) in [7, 11) is 3.83. The van der Waals surface area contributed by atoms with Crippen LogP contribution in [0, 0.1) is 0 Å². The Morgan fingerprint density at radius 1 is 0.967 bits per heavy atom. The van der Waals surface area contributed by atoms with Crippen LogP contribution in [0.2, 0.25) is 0 Å². The Morgan fingerprint density at radius 3 is 2.10 bits per heavy atom. The van der Waals surface area contributed by atoms with E-state index < -0.39 is 18.2 Å². The summed E-state index contributed by atoms with van der Waals surface area (Å²) >= 11 is 0. The van der Waals surface area contributed by atoms with Gasteiger partial charge in [0.05, 0.1) is 5.69 Å². The summed E-state index contributed by atoms with van der Waals surface area (Å²) in [5, 5.41) is 11.8. The minimum absolute atomic E-state index is 0.0205. The van der Waals surface area contributed by atoms with Gasteiger partial charge in [-0.05, 0) is 36.4 Å². The Kier molecular flexibility index (Phi) is 5.52. The number of anilines is 3. The number of aliphatic hydroxyl groups is 1. The Balaban J connectivity index is 2.12. The number of primary amides is 2. The Morgan fingerprint density at radius 2 is 1.57 bits per heavy atom. The molecule has 0 radical (unpaired) electrons. The molecule has 1 heterocycles. The highest BCUT2D eigenvalue weighted by atomic mass is 16.5. The Hall–Kier alpha value is -3.80. The molecule has 1 atom stereocenters. The van der Waals surface area contributed by atoms with Crippen molar-refractivity contribution in [2.75, 3.05) is 29.0 Å². The summed E-state index contributed by atoms with van der Waals surface area (Å²) in [5.74, 6) is 11.9. The average Bonchev–Trinajstić information content (AvgIpc) is 2.71. The van der Waals surface area contributed by atoms with Gasteiger partial charge in [-0.3, -0.25) is 0 Å². The molecule has 1 aliphatic rings. The third-order valence-electron chi connectivity index (χ3n) is 4.62. The van der Waals surface area contributed by atoms with Gasteiger partial charge in [0.15, 0.2) is 5.75 Å². The van der Waals surface area contributed by atoms with Gasteiger partial charge >= 0.3 is 12.1 Å². The van der Waals surface area contributed by atoms with Crippen LogP contribution >= 0.6 is 0 Å². The molecule has 158 valence electrons. The molecule has 4 amide bonds. The third kappa shape index (κ3) is 3.72. The van der Waals surface area contributed by atoms with Gasteiger partial charge in [-0.15, -0.1) is 0 Å². The second-order valence-electron chi connectivity index (χ2n) is 6.79. The lowest BCUT2D eigenvalue weighted by atomic mass is 10.00. The van der Waals surface area contributed by atoms with Gasteiger partial charge in [-0.1, -0.05) is 6.07 Å². The second kappa shape index (κ2) is 7.91. The molecule has 0 saturated carbocycles. The topological polar surface area (TPSA) is 177 Å². The number of aliphatic hydroxyl groups excluding tert-OH is 1. The van der Waals surface area contributed by atoms with Gasteiger partial charge in [-0.2, -0.15) is 0 Å². The van der Waals surface area contributed by atoms with Crippen LogP contribution in [0.1, 0.15) is 17.2 Å². The fourth-order valence-electron chi connectivity index (χ4n) is 3.03. The van der Waals surface area contributed by atoms with Gasteiger partial charge in [0.25, 0.3) is 0 Å². The molecule has 0 bridgehead atoms. The van der Waals surface area contributed by atoms with Crippen molar-refractivity contribution in [3.05, 3.63) is 53.6 Å². The molecule has 2 aromatic rings. The average molecular weight is 413 g/mol. The highest BCUT2D eigenvalue weighted by molar-refractivity contribution is 6.02. The first-order chi connectivity index (χ1) is 14.1. The Bertz CT molecular complexity index is 1020. The van der Waals surface area contributed by atoms with Crippen LogP contribution in [-0.2, 0) is 0 Å². The third-order valence-corrected chi connectivity index (χ3v) is 4.62. The molecule has 0 aliphatic carbocycles. The minimum Gasteiger partial charge on any atom is -0.454 e. The summed E-state index contributed by atoms with van der Waals surface area (Å²) < 4.78 is 5.99. The van der Waals surface area contributed by atoms with E-state index in [1.165, 1.54) is 18.2 Å². The highest BCUT2D eigenvalue weighted by Crippen LogP contribution is 2.46. The van der Waals surface area contributed by atoms with Crippen LogP contribution in [0.3, 0.4) is 0 Å². The van der Waals surface area contributed by atoms with Crippen molar-refractivity contribution in [2.45, 2.75) is 6.10 Å². The molecule has 1 unspecified atom stereocenters. The number of nitrogens with zero attached hydrogens (tertiary/aromatic N) is 3. The van der Waals surface area contributed by atoms with Gasteiger partial charge < -0.3 is 26.2 Å². The number of hydrogen-bond acceptors (Lipinski definition) is 7. The first-order valence-electron chi connectivity index (χ1n) is 8.82. The maximum absolute atomic E-state index is 11.8. The van der Waals surface area contributed by atoms with Crippen molar-refractivity contribution in [3.63, 3.8) is 0 Å². The first kappa shape index (κ1) is 20.9. The number of amides is 4. The molecule has 9 N–H and O–H groups in total. The van der Waals surface area contributed by atoms with Crippen LogP contribution in [0.5, 0.6) is 5.75 Å². The summed E-state index contributed by atoms with van der Waals surface area (Å²) in [5.41, 5.74) is 12.4. The van der Waals surface area contributed by atoms with E-state index in [4.69, 9.17) is 27.9 Å². The van der Waals surface area contributed by atoms with Crippen molar-refractivity contribution in [1.29, 1.82) is 0 Å². The van der Waals surface area contributed by atoms with Gasteiger partial charge in [0, 0.05) is 30.9 Å². The molecular formula is C19H23N7O4. The number of urea groups is 2. The monoisotopic (exact) mass is 413 g/mol. The number of nitrogens with two attached hydrogens (primary N) is 4.